The number of amides is 1. The minimum Gasteiger partial charge on any atom is -0.445 e. The first-order valence-electron chi connectivity index (χ1n) is 12.5. The molecule has 0 aromatic heterocycles. The number of ether oxygens (including phenoxy) is 1. The molecule has 0 heterocycles. The van der Waals surface area contributed by atoms with Crippen LogP contribution < -0.4 is 5.32 Å². The van der Waals surface area contributed by atoms with Crippen molar-refractivity contribution in [3.8, 4) is 0 Å². The second-order valence-corrected chi connectivity index (χ2v) is 11.5. The number of nitro benzene ring substituents is 1. The highest BCUT2D eigenvalue weighted by molar-refractivity contribution is 7.89. The van der Waals surface area contributed by atoms with Gasteiger partial charge < -0.3 is 15.2 Å². The van der Waals surface area contributed by atoms with Gasteiger partial charge in [-0.3, -0.25) is 10.1 Å². The summed E-state index contributed by atoms with van der Waals surface area (Å²) in [4.78, 5) is 22.9. The van der Waals surface area contributed by atoms with Crippen LogP contribution >= 0.6 is 0 Å². The van der Waals surface area contributed by atoms with Gasteiger partial charge in [-0.15, -0.1) is 0 Å². The standard InChI is InChI=1S/C28H33N3O7S/c1-21(2)18-30(39(36,37)25-15-13-24(14-16-25)31(34)35)19-27(32)26(17-22-9-5-3-6-10-22)29-28(33)38-20-23-11-7-4-8-12-23/h3-16,21,26-27,32H,17-20H2,1-2H3,(H,29,33)/t26?,27-/m1/s1. The third-order valence-corrected chi connectivity index (χ3v) is 7.77. The van der Waals surface area contributed by atoms with E-state index in [-0.39, 0.29) is 42.6 Å². The van der Waals surface area contributed by atoms with Gasteiger partial charge in [0.2, 0.25) is 10.0 Å². The number of benzene rings is 3. The summed E-state index contributed by atoms with van der Waals surface area (Å²) in [7, 11) is -4.11. The first-order chi connectivity index (χ1) is 18.6. The van der Waals surface area contributed by atoms with Gasteiger partial charge in [0, 0.05) is 25.2 Å². The Bertz CT molecular complexity index is 1320. The number of hydrogen-bond donors (Lipinski definition) is 2. The Labute approximate surface area is 228 Å². The normalized spacial score (nSPS) is 13.2. The maximum atomic E-state index is 13.5. The van der Waals surface area contributed by atoms with Crippen molar-refractivity contribution in [1.82, 2.24) is 9.62 Å². The van der Waals surface area contributed by atoms with E-state index in [2.05, 4.69) is 5.32 Å². The van der Waals surface area contributed by atoms with Gasteiger partial charge in [0.25, 0.3) is 5.69 Å². The minimum atomic E-state index is -4.11. The van der Waals surface area contributed by atoms with E-state index in [1.165, 1.54) is 12.1 Å². The topological polar surface area (TPSA) is 139 Å². The fourth-order valence-electron chi connectivity index (χ4n) is 3.97. The maximum absolute atomic E-state index is 13.5. The van der Waals surface area contributed by atoms with Crippen molar-refractivity contribution in [2.24, 2.45) is 5.92 Å². The Hall–Kier alpha value is -3.80. The molecular weight excluding hydrogens is 522 g/mol. The average molecular weight is 556 g/mol. The molecule has 0 bridgehead atoms. The zero-order valence-electron chi connectivity index (χ0n) is 21.8. The van der Waals surface area contributed by atoms with Crippen molar-refractivity contribution in [3.63, 3.8) is 0 Å². The highest BCUT2D eigenvalue weighted by Crippen LogP contribution is 2.22. The molecule has 0 saturated heterocycles. The zero-order chi connectivity index (χ0) is 28.4. The van der Waals surface area contributed by atoms with E-state index in [9.17, 15) is 28.4 Å². The molecule has 0 spiro atoms. The van der Waals surface area contributed by atoms with E-state index in [1.54, 1.807) is 0 Å². The third kappa shape index (κ3) is 8.88. The third-order valence-electron chi connectivity index (χ3n) is 5.92. The number of nitrogens with zero attached hydrogens (tertiary/aromatic N) is 2. The highest BCUT2D eigenvalue weighted by Gasteiger charge is 2.32. The summed E-state index contributed by atoms with van der Waals surface area (Å²) in [5.74, 6) is -0.0820. The average Bonchev–Trinajstić information content (AvgIpc) is 2.92. The number of hydrogen-bond acceptors (Lipinski definition) is 7. The van der Waals surface area contributed by atoms with Crippen LogP contribution in [0.4, 0.5) is 10.5 Å². The van der Waals surface area contributed by atoms with Crippen molar-refractivity contribution in [3.05, 3.63) is 106 Å². The van der Waals surface area contributed by atoms with Crippen LogP contribution in [0.5, 0.6) is 0 Å². The number of non-ortho nitro benzene ring substituents is 1. The fraction of sp³-hybridized carbons (Fsp3) is 0.321. The lowest BCUT2D eigenvalue weighted by Gasteiger charge is -2.30. The molecule has 0 radical (unpaired) electrons. The lowest BCUT2D eigenvalue weighted by molar-refractivity contribution is -0.384. The summed E-state index contributed by atoms with van der Waals surface area (Å²) in [5, 5.41) is 24.9. The van der Waals surface area contributed by atoms with Crippen molar-refractivity contribution in [2.45, 2.75) is 43.9 Å². The summed E-state index contributed by atoms with van der Waals surface area (Å²) in [6.07, 6.45) is -1.80. The minimum absolute atomic E-state index is 0.0365. The predicted molar refractivity (Wildman–Crippen MR) is 146 cm³/mol. The van der Waals surface area contributed by atoms with Gasteiger partial charge in [0.1, 0.15) is 6.61 Å². The molecule has 1 unspecified atom stereocenters. The number of aliphatic hydroxyl groups is 1. The molecule has 2 atom stereocenters. The summed E-state index contributed by atoms with van der Waals surface area (Å²) >= 11 is 0. The Morgan fingerprint density at radius 1 is 0.949 bits per heavy atom. The second-order valence-electron chi connectivity index (χ2n) is 9.54. The highest BCUT2D eigenvalue weighted by atomic mass is 32.2. The Kier molecular flexibility index (Phi) is 10.6. The van der Waals surface area contributed by atoms with E-state index in [4.69, 9.17) is 4.74 Å². The molecule has 2 N–H and O–H groups in total. The molecule has 0 aliphatic rings. The van der Waals surface area contributed by atoms with Crippen molar-refractivity contribution >= 4 is 21.8 Å². The summed E-state index contributed by atoms with van der Waals surface area (Å²) < 4.78 is 33.4. The number of rotatable bonds is 13. The van der Waals surface area contributed by atoms with Crippen LogP contribution in [0, 0.1) is 16.0 Å². The smallest absolute Gasteiger partial charge is 0.407 e. The molecule has 11 heteroatoms. The van der Waals surface area contributed by atoms with E-state index < -0.39 is 33.2 Å². The summed E-state index contributed by atoms with van der Waals surface area (Å²) in [5.41, 5.74) is 1.40. The van der Waals surface area contributed by atoms with Gasteiger partial charge in [0.15, 0.2) is 0 Å². The largest absolute Gasteiger partial charge is 0.445 e. The molecule has 3 aromatic rings. The first-order valence-corrected chi connectivity index (χ1v) is 13.9. The van der Waals surface area contributed by atoms with Crippen molar-refractivity contribution in [1.29, 1.82) is 0 Å². The second kappa shape index (κ2) is 13.8. The van der Waals surface area contributed by atoms with E-state index >= 15 is 0 Å². The van der Waals surface area contributed by atoms with Crippen LogP contribution in [-0.2, 0) is 27.8 Å². The van der Waals surface area contributed by atoms with Crippen molar-refractivity contribution < 1.29 is 28.0 Å². The van der Waals surface area contributed by atoms with E-state index in [1.807, 2.05) is 74.5 Å². The van der Waals surface area contributed by atoms with E-state index in [0.29, 0.717) is 0 Å². The zero-order valence-corrected chi connectivity index (χ0v) is 22.7. The lowest BCUT2D eigenvalue weighted by atomic mass is 10.0. The maximum Gasteiger partial charge on any atom is 0.407 e. The fourth-order valence-corrected chi connectivity index (χ4v) is 5.59. The molecule has 10 nitrogen and oxygen atoms in total. The molecule has 3 rings (SSSR count). The lowest BCUT2D eigenvalue weighted by Crippen LogP contribution is -2.51. The molecule has 0 aliphatic carbocycles. The summed E-state index contributed by atoms with van der Waals surface area (Å²) in [6, 6.07) is 22.1. The molecule has 208 valence electrons. The number of carbonyl (C=O) groups is 1. The Morgan fingerprint density at radius 3 is 2.05 bits per heavy atom. The molecule has 1 amide bonds. The molecule has 0 saturated carbocycles. The van der Waals surface area contributed by atoms with Crippen LogP contribution in [0.2, 0.25) is 0 Å². The van der Waals surface area contributed by atoms with Gasteiger partial charge in [-0.2, -0.15) is 4.31 Å². The van der Waals surface area contributed by atoms with Crippen LogP contribution in [0.3, 0.4) is 0 Å². The van der Waals surface area contributed by atoms with Gasteiger partial charge in [0.05, 0.1) is 22.0 Å². The van der Waals surface area contributed by atoms with Gasteiger partial charge in [-0.05, 0) is 35.6 Å². The van der Waals surface area contributed by atoms with Gasteiger partial charge >= 0.3 is 6.09 Å². The Morgan fingerprint density at radius 2 is 1.51 bits per heavy atom. The number of sulfonamides is 1. The first kappa shape index (κ1) is 29.8. The predicted octanol–water partition coefficient (Wildman–Crippen LogP) is 4.14. The summed E-state index contributed by atoms with van der Waals surface area (Å²) in [6.45, 7) is 3.49. The number of alkyl carbamates (subject to hydrolysis) is 1. The monoisotopic (exact) mass is 555 g/mol. The number of nitro groups is 1. The van der Waals surface area contributed by atoms with Gasteiger partial charge in [-0.1, -0.05) is 74.5 Å². The van der Waals surface area contributed by atoms with E-state index in [0.717, 1.165) is 27.6 Å². The Balaban J connectivity index is 1.80. The molecule has 39 heavy (non-hydrogen) atoms. The van der Waals surface area contributed by atoms with Crippen LogP contribution in [0.15, 0.2) is 89.8 Å². The number of nitrogens with one attached hydrogen (secondary N) is 1. The molecule has 0 aliphatic heterocycles. The molecule has 0 fully saturated rings. The number of carbonyl (C=O) groups excluding carboxylic acids is 1. The molecular formula is C28H33N3O7S. The van der Waals surface area contributed by atoms with Crippen molar-refractivity contribution in [2.75, 3.05) is 13.1 Å². The quantitative estimate of drug-likeness (QED) is 0.239. The van der Waals surface area contributed by atoms with Gasteiger partial charge in [-0.25, -0.2) is 13.2 Å². The van der Waals surface area contributed by atoms with Crippen LogP contribution in [0.25, 0.3) is 0 Å². The number of aliphatic hydroxyl groups excluding tert-OH is 1. The molecule has 3 aromatic carbocycles. The van der Waals surface area contributed by atoms with Crippen LogP contribution in [-0.4, -0.2) is 54.1 Å². The SMILES string of the molecule is CC(C)CN(C[C@@H](O)C(Cc1ccccc1)NC(=O)OCc1ccccc1)S(=O)(=O)c1ccc([N+](=O)[O-])cc1. The van der Waals surface area contributed by atoms with Crippen LogP contribution in [0.1, 0.15) is 25.0 Å².